The largest absolute Gasteiger partial charge is 0.383 e. The molecule has 150 valence electrons. The van der Waals surface area contributed by atoms with Crippen LogP contribution in [0.2, 0.25) is 0 Å². The van der Waals surface area contributed by atoms with Crippen molar-refractivity contribution in [2.24, 2.45) is 0 Å². The molecule has 4 aromatic rings. The Morgan fingerprint density at radius 3 is 2.90 bits per heavy atom. The average molecular weight is 402 g/mol. The summed E-state index contributed by atoms with van der Waals surface area (Å²) in [6, 6.07) is 12.5. The molecule has 1 atom stereocenters. The summed E-state index contributed by atoms with van der Waals surface area (Å²) in [7, 11) is 0. The molecule has 1 aliphatic carbocycles. The molecule has 1 aliphatic rings. The summed E-state index contributed by atoms with van der Waals surface area (Å²) in [5.41, 5.74) is 10.8. The second-order valence-corrected chi connectivity index (χ2v) is 7.36. The zero-order chi connectivity index (χ0) is 20.8. The van der Waals surface area contributed by atoms with E-state index in [0.29, 0.717) is 28.4 Å². The maximum absolute atomic E-state index is 14.0. The minimum atomic E-state index is -0.582. The number of nitrogen functional groups attached to an aromatic ring is 1. The van der Waals surface area contributed by atoms with Crippen LogP contribution in [0.4, 0.5) is 10.2 Å². The molecule has 5 rings (SSSR count). The number of fused-ring (bicyclic) bond motifs is 2. The van der Waals surface area contributed by atoms with Crippen LogP contribution in [-0.2, 0) is 11.2 Å². The zero-order valence-electron chi connectivity index (χ0n) is 16.3. The van der Waals surface area contributed by atoms with Crippen molar-refractivity contribution in [1.82, 2.24) is 24.8 Å². The van der Waals surface area contributed by atoms with Crippen molar-refractivity contribution < 1.29 is 9.18 Å². The fraction of sp³-hybridized carbons (Fsp3) is 0.182. The number of hydrogen-bond acceptors (Lipinski definition) is 5. The van der Waals surface area contributed by atoms with E-state index in [0.717, 1.165) is 29.7 Å². The predicted molar refractivity (Wildman–Crippen MR) is 111 cm³/mol. The normalized spacial score (nSPS) is 15.3. The van der Waals surface area contributed by atoms with Gasteiger partial charge in [0.1, 0.15) is 11.3 Å². The van der Waals surface area contributed by atoms with Crippen LogP contribution in [0, 0.1) is 5.95 Å². The van der Waals surface area contributed by atoms with Crippen LogP contribution in [-0.4, -0.2) is 25.4 Å². The van der Waals surface area contributed by atoms with E-state index >= 15 is 0 Å². The molecule has 3 heterocycles. The molecular formula is C22H19FN6O. The third kappa shape index (κ3) is 2.97. The topological polar surface area (TPSA) is 98.7 Å². The standard InChI is InChI=1S/C22H19FN6O/c1-12(30)26-17-7-4-13-11-14(5-6-15(13)17)29-21(16-3-2-10-25-20(16)24)27-18-8-9-19(23)28-22(18)29/h2-3,5-6,8-11,17H,4,7H2,1H3,(H2,24,25)(H,26,30)/t17-/m0/s1. The van der Waals surface area contributed by atoms with Gasteiger partial charge in [-0.1, -0.05) is 6.07 Å². The van der Waals surface area contributed by atoms with Crippen LogP contribution in [0.5, 0.6) is 0 Å². The molecule has 3 aromatic heterocycles. The van der Waals surface area contributed by atoms with E-state index in [4.69, 9.17) is 5.73 Å². The molecule has 0 aliphatic heterocycles. The van der Waals surface area contributed by atoms with Crippen molar-refractivity contribution in [3.8, 4) is 17.1 Å². The van der Waals surface area contributed by atoms with Gasteiger partial charge in [0.2, 0.25) is 11.9 Å². The van der Waals surface area contributed by atoms with Crippen molar-refractivity contribution in [1.29, 1.82) is 0 Å². The molecule has 0 spiro atoms. The number of hydrogen-bond donors (Lipinski definition) is 2. The Morgan fingerprint density at radius 2 is 2.10 bits per heavy atom. The number of halogens is 1. The summed E-state index contributed by atoms with van der Waals surface area (Å²) < 4.78 is 15.8. The monoisotopic (exact) mass is 402 g/mol. The number of aryl methyl sites for hydroxylation is 1. The van der Waals surface area contributed by atoms with Gasteiger partial charge < -0.3 is 11.1 Å². The van der Waals surface area contributed by atoms with Gasteiger partial charge in [0.05, 0.1) is 11.6 Å². The Kier molecular flexibility index (Phi) is 4.20. The van der Waals surface area contributed by atoms with E-state index < -0.39 is 5.95 Å². The van der Waals surface area contributed by atoms with Crippen molar-refractivity contribution in [2.75, 3.05) is 5.73 Å². The van der Waals surface area contributed by atoms with Gasteiger partial charge in [-0.25, -0.2) is 9.97 Å². The first-order valence-electron chi connectivity index (χ1n) is 9.67. The number of amides is 1. The van der Waals surface area contributed by atoms with E-state index in [1.54, 1.807) is 22.9 Å². The molecule has 1 amide bonds. The molecule has 0 saturated carbocycles. The van der Waals surface area contributed by atoms with E-state index in [1.807, 2.05) is 24.3 Å². The first-order valence-corrected chi connectivity index (χ1v) is 9.67. The first-order chi connectivity index (χ1) is 14.5. The van der Waals surface area contributed by atoms with Crippen molar-refractivity contribution in [3.63, 3.8) is 0 Å². The molecule has 0 saturated heterocycles. The highest BCUT2D eigenvalue weighted by Crippen LogP contribution is 2.35. The number of benzene rings is 1. The number of rotatable bonds is 3. The quantitative estimate of drug-likeness (QED) is 0.512. The average Bonchev–Trinajstić information content (AvgIpc) is 3.28. The SMILES string of the molecule is CC(=O)N[C@H]1CCc2cc(-n3c(-c4cccnc4N)nc4ccc(F)nc43)ccc21. The maximum Gasteiger partial charge on any atom is 0.217 e. The molecule has 3 N–H and O–H groups in total. The summed E-state index contributed by atoms with van der Waals surface area (Å²) in [6.45, 7) is 1.52. The second-order valence-electron chi connectivity index (χ2n) is 7.36. The fourth-order valence-corrected chi connectivity index (χ4v) is 4.10. The molecule has 7 nitrogen and oxygen atoms in total. The molecule has 1 aromatic carbocycles. The molecule has 0 fully saturated rings. The summed E-state index contributed by atoms with van der Waals surface area (Å²) >= 11 is 0. The Labute approximate surface area is 171 Å². The number of imidazole rings is 1. The molecule has 0 bridgehead atoms. The lowest BCUT2D eigenvalue weighted by Crippen LogP contribution is -2.24. The lowest BCUT2D eigenvalue weighted by Gasteiger charge is -2.14. The molecule has 8 heteroatoms. The first kappa shape index (κ1) is 18.2. The van der Waals surface area contributed by atoms with Crippen LogP contribution in [0.1, 0.15) is 30.5 Å². The number of pyridine rings is 2. The number of aromatic nitrogens is 4. The van der Waals surface area contributed by atoms with Crippen LogP contribution in [0.3, 0.4) is 0 Å². The van der Waals surface area contributed by atoms with Gasteiger partial charge in [0, 0.05) is 18.8 Å². The van der Waals surface area contributed by atoms with Gasteiger partial charge in [0.15, 0.2) is 11.5 Å². The molecular weight excluding hydrogens is 383 g/mol. The Morgan fingerprint density at radius 1 is 1.23 bits per heavy atom. The van der Waals surface area contributed by atoms with Crippen molar-refractivity contribution in [2.45, 2.75) is 25.8 Å². The number of nitrogens with one attached hydrogen (secondary N) is 1. The number of carbonyl (C=O) groups is 1. The molecule has 0 unspecified atom stereocenters. The second kappa shape index (κ2) is 6.91. The van der Waals surface area contributed by atoms with Crippen LogP contribution in [0.25, 0.3) is 28.2 Å². The maximum atomic E-state index is 14.0. The highest BCUT2D eigenvalue weighted by atomic mass is 19.1. The van der Waals surface area contributed by atoms with Crippen LogP contribution < -0.4 is 11.1 Å². The Balaban J connectivity index is 1.71. The third-order valence-electron chi connectivity index (χ3n) is 5.39. The number of carbonyl (C=O) groups excluding carboxylic acids is 1. The van der Waals surface area contributed by atoms with Gasteiger partial charge >= 0.3 is 0 Å². The highest BCUT2D eigenvalue weighted by Gasteiger charge is 2.25. The minimum Gasteiger partial charge on any atom is -0.383 e. The number of anilines is 1. The van der Waals surface area contributed by atoms with E-state index in [9.17, 15) is 9.18 Å². The van der Waals surface area contributed by atoms with Crippen molar-refractivity contribution in [3.05, 3.63) is 65.7 Å². The van der Waals surface area contributed by atoms with Gasteiger partial charge in [-0.05, 0) is 60.4 Å². The Hall–Kier alpha value is -3.81. The summed E-state index contributed by atoms with van der Waals surface area (Å²) in [6.07, 6.45) is 3.30. The summed E-state index contributed by atoms with van der Waals surface area (Å²) in [5, 5.41) is 2.99. The van der Waals surface area contributed by atoms with Crippen molar-refractivity contribution >= 4 is 22.9 Å². The van der Waals surface area contributed by atoms with Gasteiger partial charge in [-0.2, -0.15) is 9.37 Å². The zero-order valence-corrected chi connectivity index (χ0v) is 16.3. The van der Waals surface area contributed by atoms with Crippen LogP contribution in [0.15, 0.2) is 48.7 Å². The lowest BCUT2D eigenvalue weighted by molar-refractivity contribution is -0.119. The molecule has 0 radical (unpaired) electrons. The van der Waals surface area contributed by atoms with E-state index in [2.05, 4.69) is 20.3 Å². The summed E-state index contributed by atoms with van der Waals surface area (Å²) in [4.78, 5) is 24.4. The number of nitrogens with two attached hydrogens (primary N) is 1. The molecule has 30 heavy (non-hydrogen) atoms. The Bertz CT molecular complexity index is 1300. The fourth-order valence-electron chi connectivity index (χ4n) is 4.10. The van der Waals surface area contributed by atoms with Gasteiger partial charge in [-0.3, -0.25) is 9.36 Å². The smallest absolute Gasteiger partial charge is 0.217 e. The summed E-state index contributed by atoms with van der Waals surface area (Å²) in [5.74, 6) is 0.249. The van der Waals surface area contributed by atoms with Crippen LogP contribution >= 0.6 is 0 Å². The van der Waals surface area contributed by atoms with Gasteiger partial charge in [-0.15, -0.1) is 0 Å². The van der Waals surface area contributed by atoms with E-state index in [1.165, 1.54) is 13.0 Å². The van der Waals surface area contributed by atoms with Gasteiger partial charge in [0.25, 0.3) is 0 Å². The predicted octanol–water partition coefficient (Wildman–Crippen LogP) is 3.33. The third-order valence-corrected chi connectivity index (χ3v) is 5.39. The minimum absolute atomic E-state index is 0.00934. The number of nitrogens with zero attached hydrogens (tertiary/aromatic N) is 4. The highest BCUT2D eigenvalue weighted by molar-refractivity contribution is 5.82. The van der Waals surface area contributed by atoms with E-state index in [-0.39, 0.29) is 11.9 Å². The lowest BCUT2D eigenvalue weighted by atomic mass is 10.1.